The summed E-state index contributed by atoms with van der Waals surface area (Å²) in [6.07, 6.45) is 2.43. The zero-order valence-electron chi connectivity index (χ0n) is 11.9. The Morgan fingerprint density at radius 3 is 2.64 bits per heavy atom. The van der Waals surface area contributed by atoms with E-state index in [2.05, 4.69) is 5.10 Å². The minimum Gasteiger partial charge on any atom is -0.504 e. The molecule has 0 fully saturated rings. The Labute approximate surface area is 127 Å². The van der Waals surface area contributed by atoms with Crippen molar-refractivity contribution in [3.8, 4) is 28.4 Å². The van der Waals surface area contributed by atoms with Crippen LogP contribution < -0.4 is 4.74 Å². The number of para-hydroxylation sites is 1. The van der Waals surface area contributed by atoms with Gasteiger partial charge in [-0.25, -0.2) is 4.68 Å². The van der Waals surface area contributed by atoms with E-state index in [0.29, 0.717) is 17.5 Å². The van der Waals surface area contributed by atoms with Crippen LogP contribution in [0.4, 0.5) is 0 Å². The highest BCUT2D eigenvalue weighted by Crippen LogP contribution is 2.34. The second kappa shape index (κ2) is 5.73. The molecule has 0 aliphatic carbocycles. The number of nitrogens with zero attached hydrogens (tertiary/aromatic N) is 2. The summed E-state index contributed by atoms with van der Waals surface area (Å²) in [5.41, 5.74) is 2.50. The summed E-state index contributed by atoms with van der Waals surface area (Å²) in [5, 5.41) is 14.4. The smallest absolute Gasteiger partial charge is 0.168 e. The highest BCUT2D eigenvalue weighted by molar-refractivity contribution is 5.84. The van der Waals surface area contributed by atoms with Gasteiger partial charge < -0.3 is 9.84 Å². The van der Waals surface area contributed by atoms with Crippen LogP contribution >= 0.6 is 0 Å². The number of methoxy groups -OCH3 is 1. The average molecular weight is 294 g/mol. The molecule has 0 aliphatic rings. The molecule has 1 heterocycles. The number of phenols is 1. The van der Waals surface area contributed by atoms with E-state index in [1.807, 2.05) is 42.6 Å². The molecule has 0 unspecified atom stereocenters. The van der Waals surface area contributed by atoms with Crippen LogP contribution in [0.25, 0.3) is 16.9 Å². The maximum Gasteiger partial charge on any atom is 0.168 e. The number of aldehydes is 1. The summed E-state index contributed by atoms with van der Waals surface area (Å²) >= 11 is 0. The number of carbonyl (C=O) groups is 1. The molecule has 0 saturated heterocycles. The van der Waals surface area contributed by atoms with E-state index < -0.39 is 0 Å². The molecule has 0 radical (unpaired) electrons. The standard InChI is InChI=1S/C17H14N2O3/c1-22-16-10-12(9-13(11-20)17(16)21)15-7-8-19(18-15)14-5-3-2-4-6-14/h2-11,21H,1H3. The lowest BCUT2D eigenvalue weighted by atomic mass is 10.1. The van der Waals surface area contributed by atoms with Gasteiger partial charge >= 0.3 is 0 Å². The molecule has 3 rings (SSSR count). The summed E-state index contributed by atoms with van der Waals surface area (Å²) < 4.78 is 6.84. The van der Waals surface area contributed by atoms with Crippen LogP contribution in [0.2, 0.25) is 0 Å². The van der Waals surface area contributed by atoms with Crippen LogP contribution in [0.15, 0.2) is 54.7 Å². The van der Waals surface area contributed by atoms with E-state index in [-0.39, 0.29) is 17.1 Å². The first kappa shape index (κ1) is 13.9. The number of hydrogen-bond acceptors (Lipinski definition) is 4. The van der Waals surface area contributed by atoms with Crippen molar-refractivity contribution in [2.45, 2.75) is 0 Å². The normalized spacial score (nSPS) is 10.4. The van der Waals surface area contributed by atoms with Gasteiger partial charge in [-0.3, -0.25) is 4.79 Å². The Hall–Kier alpha value is -3.08. The molecule has 0 aliphatic heterocycles. The van der Waals surface area contributed by atoms with E-state index >= 15 is 0 Å². The van der Waals surface area contributed by atoms with E-state index in [4.69, 9.17) is 4.74 Å². The molecule has 2 aromatic carbocycles. The second-order valence-corrected chi connectivity index (χ2v) is 4.72. The third-order valence-corrected chi connectivity index (χ3v) is 3.36. The Morgan fingerprint density at radius 2 is 1.95 bits per heavy atom. The summed E-state index contributed by atoms with van der Waals surface area (Å²) in [7, 11) is 1.44. The first-order valence-corrected chi connectivity index (χ1v) is 6.70. The number of carbonyl (C=O) groups excluding carboxylic acids is 1. The fraction of sp³-hybridized carbons (Fsp3) is 0.0588. The largest absolute Gasteiger partial charge is 0.504 e. The molecule has 22 heavy (non-hydrogen) atoms. The fourth-order valence-corrected chi connectivity index (χ4v) is 2.23. The van der Waals surface area contributed by atoms with Gasteiger partial charge in [0.2, 0.25) is 0 Å². The maximum absolute atomic E-state index is 11.1. The topological polar surface area (TPSA) is 64.4 Å². The van der Waals surface area contributed by atoms with Crippen LogP contribution in [-0.4, -0.2) is 28.3 Å². The first-order chi connectivity index (χ1) is 10.7. The molecule has 5 heteroatoms. The van der Waals surface area contributed by atoms with Gasteiger partial charge in [-0.1, -0.05) is 18.2 Å². The SMILES string of the molecule is COc1cc(-c2ccn(-c3ccccc3)n2)cc(C=O)c1O. The molecule has 0 saturated carbocycles. The van der Waals surface area contributed by atoms with Crippen LogP contribution in [-0.2, 0) is 0 Å². The van der Waals surface area contributed by atoms with Crippen LogP contribution in [0.3, 0.4) is 0 Å². The van der Waals surface area contributed by atoms with Crippen molar-refractivity contribution in [1.82, 2.24) is 9.78 Å². The van der Waals surface area contributed by atoms with Gasteiger partial charge in [-0.2, -0.15) is 5.10 Å². The summed E-state index contributed by atoms with van der Waals surface area (Å²) in [6, 6.07) is 14.8. The maximum atomic E-state index is 11.1. The van der Waals surface area contributed by atoms with E-state index in [9.17, 15) is 9.90 Å². The van der Waals surface area contributed by atoms with Gasteiger partial charge in [0.25, 0.3) is 0 Å². The van der Waals surface area contributed by atoms with Crippen molar-refractivity contribution in [2.24, 2.45) is 0 Å². The van der Waals surface area contributed by atoms with E-state index in [1.165, 1.54) is 7.11 Å². The number of hydrogen-bond donors (Lipinski definition) is 1. The molecule has 0 atom stereocenters. The minimum atomic E-state index is -0.163. The summed E-state index contributed by atoms with van der Waals surface area (Å²) in [4.78, 5) is 11.1. The van der Waals surface area contributed by atoms with Crippen molar-refractivity contribution in [1.29, 1.82) is 0 Å². The predicted octanol–water partition coefficient (Wildman–Crippen LogP) is 3.07. The molecule has 3 aromatic rings. The van der Waals surface area contributed by atoms with Crippen LogP contribution in [0.5, 0.6) is 11.5 Å². The third kappa shape index (κ3) is 2.44. The molecule has 1 aromatic heterocycles. The Balaban J connectivity index is 2.05. The fourth-order valence-electron chi connectivity index (χ4n) is 2.23. The van der Waals surface area contributed by atoms with Crippen molar-refractivity contribution in [3.63, 3.8) is 0 Å². The summed E-state index contributed by atoms with van der Waals surface area (Å²) in [6.45, 7) is 0. The highest BCUT2D eigenvalue weighted by atomic mass is 16.5. The number of rotatable bonds is 4. The second-order valence-electron chi connectivity index (χ2n) is 4.72. The number of phenolic OH excluding ortho intramolecular Hbond substituents is 1. The lowest BCUT2D eigenvalue weighted by Crippen LogP contribution is -1.95. The zero-order valence-corrected chi connectivity index (χ0v) is 11.9. The Morgan fingerprint density at radius 1 is 1.18 bits per heavy atom. The van der Waals surface area contributed by atoms with Gasteiger partial charge in [-0.05, 0) is 30.3 Å². The van der Waals surface area contributed by atoms with Gasteiger partial charge in [-0.15, -0.1) is 0 Å². The summed E-state index contributed by atoms with van der Waals surface area (Å²) in [5.74, 6) is 0.0811. The molecule has 0 spiro atoms. The Kier molecular flexibility index (Phi) is 3.62. The predicted molar refractivity (Wildman–Crippen MR) is 82.6 cm³/mol. The van der Waals surface area contributed by atoms with E-state index in [0.717, 1.165) is 5.69 Å². The monoisotopic (exact) mass is 294 g/mol. The molecule has 0 amide bonds. The van der Waals surface area contributed by atoms with Gasteiger partial charge in [0.05, 0.1) is 24.1 Å². The minimum absolute atomic E-state index is 0.163. The van der Waals surface area contributed by atoms with Crippen molar-refractivity contribution in [3.05, 3.63) is 60.3 Å². The molecular formula is C17H14N2O3. The molecule has 1 N–H and O–H groups in total. The molecule has 110 valence electrons. The first-order valence-electron chi connectivity index (χ1n) is 6.70. The lowest BCUT2D eigenvalue weighted by Gasteiger charge is -2.07. The van der Waals surface area contributed by atoms with Crippen molar-refractivity contribution in [2.75, 3.05) is 7.11 Å². The number of aromatic nitrogens is 2. The highest BCUT2D eigenvalue weighted by Gasteiger charge is 2.13. The quantitative estimate of drug-likeness (QED) is 0.751. The molecule has 5 nitrogen and oxygen atoms in total. The number of ether oxygens (including phenoxy) is 1. The molecule has 0 bridgehead atoms. The molecular weight excluding hydrogens is 280 g/mol. The number of benzene rings is 2. The van der Waals surface area contributed by atoms with Crippen LogP contribution in [0.1, 0.15) is 10.4 Å². The van der Waals surface area contributed by atoms with Crippen molar-refractivity contribution < 1.29 is 14.6 Å². The zero-order chi connectivity index (χ0) is 15.5. The van der Waals surface area contributed by atoms with Gasteiger partial charge in [0.1, 0.15) is 0 Å². The number of aromatic hydroxyl groups is 1. The van der Waals surface area contributed by atoms with Crippen molar-refractivity contribution >= 4 is 6.29 Å². The van der Waals surface area contributed by atoms with Gasteiger partial charge in [0, 0.05) is 11.8 Å². The Bertz CT molecular complexity index is 810. The van der Waals surface area contributed by atoms with E-state index in [1.54, 1.807) is 16.8 Å². The average Bonchev–Trinajstić information content (AvgIpc) is 3.06. The third-order valence-electron chi connectivity index (χ3n) is 3.36. The van der Waals surface area contributed by atoms with Gasteiger partial charge in [0.15, 0.2) is 17.8 Å². The van der Waals surface area contributed by atoms with Crippen LogP contribution in [0, 0.1) is 0 Å². The lowest BCUT2D eigenvalue weighted by molar-refractivity contribution is 0.112.